The summed E-state index contributed by atoms with van der Waals surface area (Å²) in [6.45, 7) is 2.65. The zero-order valence-electron chi connectivity index (χ0n) is 13.4. The Labute approximate surface area is 161 Å². The van der Waals surface area contributed by atoms with Crippen molar-refractivity contribution in [3.05, 3.63) is 54.9 Å². The lowest BCUT2D eigenvalue weighted by atomic mass is 10.2. The van der Waals surface area contributed by atoms with Gasteiger partial charge in [0.25, 0.3) is 5.91 Å². The van der Waals surface area contributed by atoms with Crippen molar-refractivity contribution in [2.24, 2.45) is 0 Å². The van der Waals surface area contributed by atoms with Gasteiger partial charge >= 0.3 is 5.82 Å². The molecule has 8 nitrogen and oxygen atoms in total. The van der Waals surface area contributed by atoms with Crippen LogP contribution in [0.1, 0.15) is 16.1 Å². The Hall–Kier alpha value is -2.04. The molecule has 1 fully saturated rings. The number of nitrogens with zero attached hydrogens (tertiary/aromatic N) is 4. The van der Waals surface area contributed by atoms with Crippen LogP contribution in [0.4, 0.5) is 10.2 Å². The van der Waals surface area contributed by atoms with Gasteiger partial charge in [-0.1, -0.05) is 22.8 Å². The summed E-state index contributed by atoms with van der Waals surface area (Å²) in [5, 5.41) is 17.2. The van der Waals surface area contributed by atoms with E-state index in [0.717, 1.165) is 5.56 Å². The predicted molar refractivity (Wildman–Crippen MR) is 95.5 cm³/mol. The van der Waals surface area contributed by atoms with Gasteiger partial charge < -0.3 is 15.0 Å². The van der Waals surface area contributed by atoms with Crippen LogP contribution in [0.2, 0.25) is 5.02 Å². The molecule has 1 aliphatic heterocycles. The fourth-order valence-corrected chi connectivity index (χ4v) is 3.45. The molecule has 2 heterocycles. The van der Waals surface area contributed by atoms with Crippen LogP contribution in [0.15, 0.2) is 22.7 Å². The molecule has 1 amide bonds. The topological polar surface area (TPSA) is 95.4 Å². The van der Waals surface area contributed by atoms with E-state index in [9.17, 15) is 19.3 Å². The van der Waals surface area contributed by atoms with Crippen molar-refractivity contribution in [1.29, 1.82) is 0 Å². The number of halogens is 3. The first-order chi connectivity index (χ1) is 12.4. The number of rotatable bonds is 4. The maximum atomic E-state index is 13.1. The van der Waals surface area contributed by atoms with E-state index in [2.05, 4.69) is 31.0 Å². The molecule has 1 saturated heterocycles. The second-order valence-electron chi connectivity index (χ2n) is 5.80. The molecule has 1 aromatic heterocycles. The number of amides is 1. The van der Waals surface area contributed by atoms with Crippen LogP contribution >= 0.6 is 27.5 Å². The van der Waals surface area contributed by atoms with E-state index in [-0.39, 0.29) is 27.7 Å². The Morgan fingerprint density at radius 2 is 2.08 bits per heavy atom. The molecule has 0 bridgehead atoms. The maximum Gasteiger partial charge on any atom is 0.357 e. The number of hydrogen-bond donors (Lipinski definition) is 1. The van der Waals surface area contributed by atoms with Gasteiger partial charge in [-0.15, -0.1) is 5.10 Å². The third-order valence-corrected chi connectivity index (χ3v) is 5.25. The van der Waals surface area contributed by atoms with Crippen molar-refractivity contribution >= 4 is 39.3 Å². The van der Waals surface area contributed by atoms with E-state index in [1.165, 1.54) is 12.1 Å². The summed E-state index contributed by atoms with van der Waals surface area (Å²) >= 11 is 9.10. The fraction of sp³-hybridized carbons (Fsp3) is 0.333. The van der Waals surface area contributed by atoms with Gasteiger partial charge in [-0.25, -0.2) is 4.39 Å². The van der Waals surface area contributed by atoms with Crippen molar-refractivity contribution in [3.8, 4) is 0 Å². The minimum Gasteiger partial charge on any atom is -0.358 e. The highest BCUT2D eigenvalue weighted by Gasteiger charge is 2.30. The van der Waals surface area contributed by atoms with Crippen molar-refractivity contribution in [3.63, 3.8) is 0 Å². The number of benzene rings is 1. The number of H-pyrrole nitrogens is 1. The number of carbonyl (C=O) groups is 1. The molecule has 0 atom stereocenters. The molecule has 138 valence electrons. The maximum absolute atomic E-state index is 13.1. The highest BCUT2D eigenvalue weighted by atomic mass is 79.9. The van der Waals surface area contributed by atoms with Gasteiger partial charge in [0.15, 0.2) is 5.69 Å². The molecule has 0 saturated carbocycles. The molecule has 11 heteroatoms. The molecule has 1 N–H and O–H groups in total. The number of carbonyl (C=O) groups excluding carboxylic acids is 1. The molecule has 3 rings (SSSR count). The summed E-state index contributed by atoms with van der Waals surface area (Å²) in [4.78, 5) is 26.4. The fourth-order valence-electron chi connectivity index (χ4n) is 2.73. The zero-order chi connectivity index (χ0) is 18.8. The first-order valence-electron chi connectivity index (χ1n) is 7.70. The van der Waals surface area contributed by atoms with Crippen molar-refractivity contribution < 1.29 is 14.1 Å². The number of nitrogens with one attached hydrogen (secondary N) is 1. The molecule has 0 radical (unpaired) electrons. The number of piperazine rings is 1. The summed E-state index contributed by atoms with van der Waals surface area (Å²) in [5.41, 5.74) is 0.810. The SMILES string of the molecule is O=C(c1n[nH]c([N+](=O)[O-])c1Br)N1CCN(Cc2ccc(F)cc2Cl)CC1. The monoisotopic (exact) mass is 445 g/mol. The molecule has 1 aromatic carbocycles. The Balaban J connectivity index is 1.61. The summed E-state index contributed by atoms with van der Waals surface area (Å²) in [5.74, 6) is -1.11. The third-order valence-electron chi connectivity index (χ3n) is 4.14. The molecule has 2 aromatic rings. The number of aromatic amines is 1. The minimum atomic E-state index is -0.641. The summed E-state index contributed by atoms with van der Waals surface area (Å²) in [7, 11) is 0. The summed E-state index contributed by atoms with van der Waals surface area (Å²) < 4.78 is 13.2. The molecule has 0 spiro atoms. The van der Waals surface area contributed by atoms with Gasteiger partial charge in [0, 0.05) is 37.7 Å². The van der Waals surface area contributed by atoms with Crippen LogP contribution in [-0.4, -0.2) is 57.0 Å². The van der Waals surface area contributed by atoms with E-state index in [1.54, 1.807) is 11.0 Å². The smallest absolute Gasteiger partial charge is 0.357 e. The number of aromatic nitrogens is 2. The normalized spacial score (nSPS) is 15.3. The van der Waals surface area contributed by atoms with Gasteiger partial charge in [0.1, 0.15) is 10.3 Å². The lowest BCUT2D eigenvalue weighted by Gasteiger charge is -2.34. The first kappa shape index (κ1) is 18.7. The Morgan fingerprint density at radius 1 is 1.38 bits per heavy atom. The van der Waals surface area contributed by atoms with Gasteiger partial charge in [-0.2, -0.15) is 0 Å². The lowest BCUT2D eigenvalue weighted by Crippen LogP contribution is -2.48. The number of hydrogen-bond acceptors (Lipinski definition) is 5. The lowest BCUT2D eigenvalue weighted by molar-refractivity contribution is -0.390. The molecular formula is C15H14BrClFN5O3. The van der Waals surface area contributed by atoms with Crippen LogP contribution in [-0.2, 0) is 6.54 Å². The minimum absolute atomic E-state index is 0.00766. The molecule has 0 unspecified atom stereocenters. The Bertz CT molecular complexity index is 854. The van der Waals surface area contributed by atoms with Crippen molar-refractivity contribution in [1.82, 2.24) is 20.0 Å². The molecule has 0 aliphatic carbocycles. The van der Waals surface area contributed by atoms with E-state index < -0.39 is 4.92 Å². The van der Waals surface area contributed by atoms with Gasteiger partial charge in [0.05, 0.1) is 0 Å². The van der Waals surface area contributed by atoms with Gasteiger partial charge in [0.2, 0.25) is 0 Å². The highest BCUT2D eigenvalue weighted by molar-refractivity contribution is 9.10. The van der Waals surface area contributed by atoms with Gasteiger partial charge in [-0.3, -0.25) is 9.69 Å². The summed E-state index contributed by atoms with van der Waals surface area (Å²) in [6.07, 6.45) is 0. The van der Waals surface area contributed by atoms with Crippen LogP contribution < -0.4 is 0 Å². The standard InChI is InChI=1S/C15H14BrClFN5O3/c16-12-13(19-20-14(12)23(25)26)15(24)22-5-3-21(4-6-22)8-9-1-2-10(18)7-11(9)17/h1-2,7H,3-6,8H2,(H,19,20). The Morgan fingerprint density at radius 3 is 2.65 bits per heavy atom. The molecular weight excluding hydrogens is 433 g/mol. The van der Waals surface area contributed by atoms with E-state index in [0.29, 0.717) is 37.7 Å². The number of nitro groups is 1. The molecule has 26 heavy (non-hydrogen) atoms. The van der Waals surface area contributed by atoms with Crippen LogP contribution in [0.25, 0.3) is 0 Å². The van der Waals surface area contributed by atoms with Crippen molar-refractivity contribution in [2.45, 2.75) is 6.54 Å². The largest absolute Gasteiger partial charge is 0.358 e. The van der Waals surface area contributed by atoms with Crippen LogP contribution in [0.5, 0.6) is 0 Å². The third kappa shape index (κ3) is 3.87. The predicted octanol–water partition coefficient (Wildman–Crippen LogP) is 2.83. The average molecular weight is 447 g/mol. The quantitative estimate of drug-likeness (QED) is 0.575. The summed E-state index contributed by atoms with van der Waals surface area (Å²) in [6, 6.07) is 4.29. The zero-order valence-corrected chi connectivity index (χ0v) is 15.8. The first-order valence-corrected chi connectivity index (χ1v) is 8.87. The second-order valence-corrected chi connectivity index (χ2v) is 7.00. The second kappa shape index (κ2) is 7.68. The van der Waals surface area contributed by atoms with Gasteiger partial charge in [-0.05, 0) is 38.5 Å². The van der Waals surface area contributed by atoms with E-state index in [1.807, 2.05) is 0 Å². The van der Waals surface area contributed by atoms with Crippen molar-refractivity contribution in [2.75, 3.05) is 26.2 Å². The van der Waals surface area contributed by atoms with Crippen LogP contribution in [0.3, 0.4) is 0 Å². The van der Waals surface area contributed by atoms with E-state index in [4.69, 9.17) is 11.6 Å². The average Bonchev–Trinajstić information content (AvgIpc) is 2.99. The highest BCUT2D eigenvalue weighted by Crippen LogP contribution is 2.27. The van der Waals surface area contributed by atoms with E-state index >= 15 is 0 Å². The van der Waals surface area contributed by atoms with Crippen LogP contribution in [0, 0.1) is 15.9 Å². The Kier molecular flexibility index (Phi) is 5.54. The molecule has 1 aliphatic rings.